The van der Waals surface area contributed by atoms with Crippen LogP contribution >= 0.6 is 0 Å². The standard InChI is InChI=1S/C19H19F2N5O2.C16H15N5O3.C2H5F2N/c20-16(21)7-6-15(27)13-4-5-14-18(23-13)26(12-8-10-25(14)11-12)19(28)24-17-3-1-2-9-22-17;22-15(23)11-4-5-12-14(18-11)21(10-6-8-20(12)9-10)16(24)19-13-3-1-2-7-17-13;3-2(4)1-5/h1-5,9,12,16H,6-8,10-11H2,(H,22,24,28);1-5,7,10H,6,8-9H2,(H,22,23)(H,17,19,24);2H,1,5H2/t12-;10-;/m00./s1. The van der Waals surface area contributed by atoms with Crippen molar-refractivity contribution in [2.75, 3.05) is 63.0 Å². The molecule has 0 radical (unpaired) electrons. The summed E-state index contributed by atoms with van der Waals surface area (Å²) >= 11 is 0. The van der Waals surface area contributed by atoms with Gasteiger partial charge in [-0.05, 0) is 61.4 Å². The number of nitrogens with two attached hydrogens (primary N) is 1. The molecule has 4 amide bonds. The fourth-order valence-corrected chi connectivity index (χ4v) is 6.80. The minimum absolute atomic E-state index is 0.0299. The lowest BCUT2D eigenvalue weighted by molar-refractivity contribution is 0.0690. The second-order valence-corrected chi connectivity index (χ2v) is 13.2. The normalized spacial score (nSPS) is 17.2. The Morgan fingerprint density at radius 3 is 1.61 bits per heavy atom. The number of alkyl halides is 4. The Labute approximate surface area is 323 Å². The van der Waals surface area contributed by atoms with Crippen molar-refractivity contribution in [3.05, 3.63) is 84.4 Å². The van der Waals surface area contributed by atoms with Crippen molar-refractivity contribution < 1.29 is 41.8 Å². The molecule has 2 saturated heterocycles. The van der Waals surface area contributed by atoms with E-state index >= 15 is 0 Å². The summed E-state index contributed by atoms with van der Waals surface area (Å²) in [4.78, 5) is 73.3. The molecular weight excluding hydrogens is 754 g/mol. The van der Waals surface area contributed by atoms with Gasteiger partial charge in [0.15, 0.2) is 23.1 Å². The van der Waals surface area contributed by atoms with E-state index in [2.05, 4.69) is 46.1 Å². The molecule has 0 unspecified atom stereocenters. The smallest absolute Gasteiger partial charge is 0.354 e. The topological polar surface area (TPSA) is 203 Å². The summed E-state index contributed by atoms with van der Waals surface area (Å²) in [6.45, 7) is 2.48. The molecular formula is C37H39F4N11O5. The molecule has 20 heteroatoms. The third kappa shape index (κ3) is 9.51. The van der Waals surface area contributed by atoms with E-state index in [0.717, 1.165) is 43.9 Å². The molecule has 0 spiro atoms. The van der Waals surface area contributed by atoms with E-state index in [1.165, 1.54) is 6.07 Å². The molecule has 2 fully saturated rings. The lowest BCUT2D eigenvalue weighted by Gasteiger charge is -2.35. The molecule has 5 N–H and O–H groups in total. The Balaban J connectivity index is 0.000000174. The summed E-state index contributed by atoms with van der Waals surface area (Å²) < 4.78 is 46.1. The predicted molar refractivity (Wildman–Crippen MR) is 203 cm³/mol. The number of carbonyl (C=O) groups is 4. The van der Waals surface area contributed by atoms with Crippen LogP contribution in [0.5, 0.6) is 0 Å². The van der Waals surface area contributed by atoms with Crippen LogP contribution in [0, 0.1) is 0 Å². The molecule has 16 nitrogen and oxygen atoms in total. The van der Waals surface area contributed by atoms with Gasteiger partial charge in [-0.1, -0.05) is 12.1 Å². The second kappa shape index (κ2) is 18.0. The molecule has 4 aromatic heterocycles. The van der Waals surface area contributed by atoms with Crippen molar-refractivity contribution in [3.63, 3.8) is 0 Å². The first-order valence-electron chi connectivity index (χ1n) is 18.0. The van der Waals surface area contributed by atoms with Crippen molar-refractivity contribution in [3.8, 4) is 0 Å². The van der Waals surface area contributed by atoms with Gasteiger partial charge < -0.3 is 20.6 Å². The minimum Gasteiger partial charge on any atom is -0.477 e. The van der Waals surface area contributed by atoms with Crippen LogP contribution in [0.25, 0.3) is 0 Å². The monoisotopic (exact) mass is 793 g/mol. The van der Waals surface area contributed by atoms with E-state index in [1.807, 2.05) is 0 Å². The van der Waals surface area contributed by atoms with Gasteiger partial charge in [0, 0.05) is 51.4 Å². The Morgan fingerprint density at radius 2 is 1.19 bits per heavy atom. The molecule has 0 aliphatic carbocycles. The number of Topliss-reactive ketones (excluding diaryl/α,β-unsaturated/α-hetero) is 1. The van der Waals surface area contributed by atoms with Gasteiger partial charge in [-0.3, -0.25) is 25.2 Å². The number of carboxylic acids is 1. The first-order chi connectivity index (χ1) is 27.4. The third-order valence-electron chi connectivity index (χ3n) is 9.41. The third-order valence-corrected chi connectivity index (χ3v) is 9.41. The molecule has 8 rings (SSSR count). The molecule has 8 heterocycles. The Morgan fingerprint density at radius 1 is 0.719 bits per heavy atom. The molecule has 0 aromatic carbocycles. The Kier molecular flexibility index (Phi) is 12.7. The first-order valence-corrected chi connectivity index (χ1v) is 18.0. The number of nitrogens with zero attached hydrogens (tertiary/aromatic N) is 8. The van der Waals surface area contributed by atoms with Crippen LogP contribution in [0.2, 0.25) is 0 Å². The predicted octanol–water partition coefficient (Wildman–Crippen LogP) is 5.35. The van der Waals surface area contributed by atoms with Crippen molar-refractivity contribution >= 4 is 58.5 Å². The number of aromatic carboxylic acids is 1. The number of aromatic nitrogens is 4. The SMILES string of the molecule is NCC(F)F.O=C(CCC(F)F)c1ccc2c(n1)N(C(=O)Nc1ccccn1)[C@H]1CCN2C1.O=C(O)c1ccc2c(n1)N(C(=O)Nc1ccccn1)[C@H]1CCN2C1. The first kappa shape index (κ1) is 40.2. The van der Waals surface area contributed by atoms with Gasteiger partial charge in [0.2, 0.25) is 6.43 Å². The molecule has 4 aromatic rings. The maximum absolute atomic E-state index is 12.9. The largest absolute Gasteiger partial charge is 0.477 e. The number of carboxylic acid groups (broad SMARTS) is 1. The van der Waals surface area contributed by atoms with Crippen molar-refractivity contribution in [2.45, 2.75) is 50.6 Å². The van der Waals surface area contributed by atoms with E-state index in [1.54, 1.807) is 76.8 Å². The van der Waals surface area contributed by atoms with Gasteiger partial charge in [0.1, 0.15) is 17.3 Å². The van der Waals surface area contributed by atoms with Crippen LogP contribution in [0.3, 0.4) is 0 Å². The van der Waals surface area contributed by atoms with Crippen molar-refractivity contribution in [1.29, 1.82) is 0 Å². The summed E-state index contributed by atoms with van der Waals surface area (Å²) in [5.74, 6) is 0.0524. The zero-order chi connectivity index (χ0) is 40.6. The Bertz CT molecular complexity index is 2070. The van der Waals surface area contributed by atoms with Gasteiger partial charge in [-0.2, -0.15) is 0 Å². The number of hydrogen-bond donors (Lipinski definition) is 4. The highest BCUT2D eigenvalue weighted by Crippen LogP contribution is 2.40. The van der Waals surface area contributed by atoms with Crippen LogP contribution in [-0.4, -0.2) is 107 Å². The molecule has 4 aliphatic heterocycles. The molecule has 57 heavy (non-hydrogen) atoms. The van der Waals surface area contributed by atoms with E-state index in [-0.39, 0.29) is 42.0 Å². The van der Waals surface area contributed by atoms with Crippen molar-refractivity contribution in [2.24, 2.45) is 5.73 Å². The number of amides is 4. The molecule has 2 atom stereocenters. The summed E-state index contributed by atoms with van der Waals surface area (Å²) in [5, 5.41) is 14.7. The number of ketones is 1. The summed E-state index contributed by atoms with van der Waals surface area (Å²) in [7, 11) is 0. The lowest BCUT2D eigenvalue weighted by atomic mass is 10.1. The average Bonchev–Trinajstić information content (AvgIpc) is 3.83. The highest BCUT2D eigenvalue weighted by Gasteiger charge is 2.42. The lowest BCUT2D eigenvalue weighted by Crippen LogP contribution is -2.48. The molecule has 4 aliphatic rings. The van der Waals surface area contributed by atoms with Gasteiger partial charge in [-0.15, -0.1) is 0 Å². The van der Waals surface area contributed by atoms with E-state index in [0.29, 0.717) is 29.8 Å². The number of pyridine rings is 4. The highest BCUT2D eigenvalue weighted by molar-refractivity contribution is 6.06. The number of fused-ring (bicyclic) bond motifs is 8. The van der Waals surface area contributed by atoms with Crippen LogP contribution in [-0.2, 0) is 0 Å². The number of halogens is 4. The number of carbonyl (C=O) groups excluding carboxylic acids is 3. The van der Waals surface area contributed by atoms with Crippen LogP contribution in [0.15, 0.2) is 73.1 Å². The zero-order valence-corrected chi connectivity index (χ0v) is 30.3. The Hall–Kier alpha value is -6.44. The maximum atomic E-state index is 12.9. The average molecular weight is 794 g/mol. The summed E-state index contributed by atoms with van der Waals surface area (Å²) in [6.07, 6.45) is -0.895. The van der Waals surface area contributed by atoms with Crippen molar-refractivity contribution in [1.82, 2.24) is 19.9 Å². The second-order valence-electron chi connectivity index (χ2n) is 13.2. The maximum Gasteiger partial charge on any atom is 0.354 e. The highest BCUT2D eigenvalue weighted by atomic mass is 19.3. The van der Waals surface area contributed by atoms with E-state index < -0.39 is 37.6 Å². The van der Waals surface area contributed by atoms with Gasteiger partial charge >= 0.3 is 18.0 Å². The number of urea groups is 2. The van der Waals surface area contributed by atoms with Gasteiger partial charge in [-0.25, -0.2) is 51.9 Å². The van der Waals surface area contributed by atoms with Gasteiger partial charge in [0.05, 0.1) is 30.0 Å². The molecule has 300 valence electrons. The van der Waals surface area contributed by atoms with Crippen LogP contribution in [0.4, 0.5) is 61.8 Å². The van der Waals surface area contributed by atoms with E-state index in [4.69, 9.17) is 0 Å². The van der Waals surface area contributed by atoms with Crippen LogP contribution in [0.1, 0.15) is 46.7 Å². The summed E-state index contributed by atoms with van der Waals surface area (Å²) in [6, 6.07) is 16.1. The number of hydrogen-bond acceptors (Lipinski definition) is 11. The summed E-state index contributed by atoms with van der Waals surface area (Å²) in [5.41, 5.74) is 5.98. The van der Waals surface area contributed by atoms with E-state index in [9.17, 15) is 41.8 Å². The molecule has 0 saturated carbocycles. The zero-order valence-electron chi connectivity index (χ0n) is 30.3. The number of nitrogens with one attached hydrogen (secondary N) is 2. The molecule has 4 bridgehead atoms. The number of anilines is 6. The number of rotatable bonds is 8. The fourth-order valence-electron chi connectivity index (χ4n) is 6.80. The fraction of sp³-hybridized carbons (Fsp3) is 0.351. The quantitative estimate of drug-likeness (QED) is 0.132. The minimum atomic E-state index is -2.54. The van der Waals surface area contributed by atoms with Gasteiger partial charge in [0.25, 0.3) is 6.43 Å². The van der Waals surface area contributed by atoms with Crippen LogP contribution < -0.4 is 36.0 Å².